The van der Waals surface area contributed by atoms with Crippen LogP contribution in [0.15, 0.2) is 60.7 Å². The molecule has 4 N–H and O–H groups in total. The van der Waals surface area contributed by atoms with Crippen molar-refractivity contribution in [2.24, 2.45) is 0 Å². The highest BCUT2D eigenvalue weighted by atomic mass is 16.5. The molecule has 6 heteroatoms. The number of rotatable bonds is 4. The van der Waals surface area contributed by atoms with Crippen LogP contribution in [0.4, 0.5) is 11.4 Å². The molecule has 3 rings (SSSR count). The summed E-state index contributed by atoms with van der Waals surface area (Å²) in [4.78, 5) is 23.1. The molecule has 142 valence electrons. The molecule has 28 heavy (non-hydrogen) atoms. The molecule has 0 spiro atoms. The largest absolute Gasteiger partial charge is 0.465 e. The van der Waals surface area contributed by atoms with Gasteiger partial charge in [-0.25, -0.2) is 9.59 Å². The highest BCUT2D eigenvalue weighted by Gasteiger charge is 2.13. The molecule has 3 aromatic rings. The van der Waals surface area contributed by atoms with Crippen molar-refractivity contribution in [1.29, 1.82) is 0 Å². The van der Waals surface area contributed by atoms with Crippen LogP contribution in [0.5, 0.6) is 0 Å². The quantitative estimate of drug-likeness (QED) is 0.531. The van der Waals surface area contributed by atoms with Crippen LogP contribution >= 0.6 is 0 Å². The second kappa shape index (κ2) is 7.84. The maximum atomic E-state index is 11.6. The average molecular weight is 376 g/mol. The van der Waals surface area contributed by atoms with Gasteiger partial charge in [0.25, 0.3) is 0 Å². The minimum atomic E-state index is -0.398. The zero-order valence-electron chi connectivity index (χ0n) is 15.6. The lowest BCUT2D eigenvalue weighted by Crippen LogP contribution is -2.02. The second-order valence-electron chi connectivity index (χ2n) is 6.13. The molecule has 0 atom stereocenters. The number of benzene rings is 3. The fourth-order valence-corrected chi connectivity index (χ4v) is 2.95. The summed E-state index contributed by atoms with van der Waals surface area (Å²) in [5, 5.41) is 0. The first-order valence-electron chi connectivity index (χ1n) is 8.51. The molecule has 0 unspecified atom stereocenters. The first-order valence-corrected chi connectivity index (χ1v) is 8.51. The topological polar surface area (TPSA) is 105 Å². The first-order chi connectivity index (χ1) is 13.5. The van der Waals surface area contributed by atoms with Gasteiger partial charge in [0, 0.05) is 11.1 Å². The number of carbonyl (C=O) groups is 2. The number of methoxy groups -OCH3 is 2. The number of nitrogen functional groups attached to an aromatic ring is 2. The standard InChI is InChI=1S/C22H20N2O4/c1-27-21(25)15-7-3-13(4-8-15)17-11-12-18(20(24)19(17)23)14-5-9-16(10-6-14)22(26)28-2/h3-12H,23-24H2,1-2H3. The minimum Gasteiger partial charge on any atom is -0.465 e. The van der Waals surface area contributed by atoms with Crippen LogP contribution in [-0.2, 0) is 9.47 Å². The van der Waals surface area contributed by atoms with Gasteiger partial charge in [-0.1, -0.05) is 36.4 Å². The van der Waals surface area contributed by atoms with Crippen molar-refractivity contribution in [3.63, 3.8) is 0 Å². The fraction of sp³-hybridized carbons (Fsp3) is 0.0909. The van der Waals surface area contributed by atoms with E-state index < -0.39 is 11.9 Å². The lowest BCUT2D eigenvalue weighted by molar-refractivity contribution is 0.0592. The van der Waals surface area contributed by atoms with E-state index in [1.807, 2.05) is 12.1 Å². The normalized spacial score (nSPS) is 10.4. The summed E-state index contributed by atoms with van der Waals surface area (Å²) < 4.78 is 9.41. The molecule has 0 aliphatic rings. The van der Waals surface area contributed by atoms with Gasteiger partial charge < -0.3 is 20.9 Å². The highest BCUT2D eigenvalue weighted by Crippen LogP contribution is 2.37. The van der Waals surface area contributed by atoms with Crippen molar-refractivity contribution in [3.05, 3.63) is 71.8 Å². The van der Waals surface area contributed by atoms with E-state index in [9.17, 15) is 9.59 Å². The Hall–Kier alpha value is -3.80. The summed E-state index contributed by atoms with van der Waals surface area (Å²) in [5.74, 6) is -0.797. The van der Waals surface area contributed by atoms with Gasteiger partial charge in [-0.2, -0.15) is 0 Å². The molecule has 0 saturated heterocycles. The molecular formula is C22H20N2O4. The Kier molecular flexibility index (Phi) is 5.31. The number of ether oxygens (including phenoxy) is 2. The molecule has 0 bridgehead atoms. The van der Waals surface area contributed by atoms with E-state index >= 15 is 0 Å². The third kappa shape index (κ3) is 3.53. The summed E-state index contributed by atoms with van der Waals surface area (Å²) in [7, 11) is 2.68. The molecule has 0 radical (unpaired) electrons. The molecule has 0 heterocycles. The molecule has 0 aromatic heterocycles. The number of carbonyl (C=O) groups excluding carboxylic acids is 2. The van der Waals surface area contributed by atoms with Crippen molar-refractivity contribution in [1.82, 2.24) is 0 Å². The molecule has 0 fully saturated rings. The van der Waals surface area contributed by atoms with E-state index in [0.29, 0.717) is 22.5 Å². The lowest BCUT2D eigenvalue weighted by atomic mass is 9.95. The smallest absolute Gasteiger partial charge is 0.337 e. The Balaban J connectivity index is 1.95. The van der Waals surface area contributed by atoms with Gasteiger partial charge in [0.15, 0.2) is 0 Å². The van der Waals surface area contributed by atoms with Gasteiger partial charge in [-0.3, -0.25) is 0 Å². The summed E-state index contributed by atoms with van der Waals surface area (Å²) >= 11 is 0. The Morgan fingerprint density at radius 1 is 0.607 bits per heavy atom. The second-order valence-corrected chi connectivity index (χ2v) is 6.13. The predicted octanol–water partition coefficient (Wildman–Crippen LogP) is 3.76. The van der Waals surface area contributed by atoms with Gasteiger partial charge in [-0.05, 0) is 35.4 Å². The number of anilines is 2. The van der Waals surface area contributed by atoms with Gasteiger partial charge in [0.2, 0.25) is 0 Å². The van der Waals surface area contributed by atoms with E-state index in [1.165, 1.54) is 14.2 Å². The van der Waals surface area contributed by atoms with Gasteiger partial charge in [-0.15, -0.1) is 0 Å². The molecule has 0 saturated carbocycles. The summed E-state index contributed by atoms with van der Waals surface area (Å²) in [6, 6.07) is 17.6. The molecule has 3 aromatic carbocycles. The van der Waals surface area contributed by atoms with E-state index in [0.717, 1.165) is 22.3 Å². The summed E-state index contributed by atoms with van der Waals surface area (Å²) in [5.41, 5.74) is 17.6. The summed E-state index contributed by atoms with van der Waals surface area (Å²) in [6.07, 6.45) is 0. The third-order valence-corrected chi connectivity index (χ3v) is 4.52. The number of nitrogens with two attached hydrogens (primary N) is 2. The fourth-order valence-electron chi connectivity index (χ4n) is 2.95. The van der Waals surface area contributed by atoms with Crippen LogP contribution in [0, 0.1) is 0 Å². The van der Waals surface area contributed by atoms with Crippen LogP contribution in [0.25, 0.3) is 22.3 Å². The van der Waals surface area contributed by atoms with Crippen molar-refractivity contribution >= 4 is 23.3 Å². The van der Waals surface area contributed by atoms with E-state index in [1.54, 1.807) is 48.5 Å². The van der Waals surface area contributed by atoms with Crippen molar-refractivity contribution in [2.45, 2.75) is 0 Å². The van der Waals surface area contributed by atoms with Crippen molar-refractivity contribution in [3.8, 4) is 22.3 Å². The lowest BCUT2D eigenvalue weighted by Gasteiger charge is -2.14. The monoisotopic (exact) mass is 376 g/mol. The Labute approximate surface area is 162 Å². The predicted molar refractivity (Wildman–Crippen MR) is 109 cm³/mol. The summed E-state index contributed by atoms with van der Waals surface area (Å²) in [6.45, 7) is 0. The Bertz CT molecular complexity index is 941. The van der Waals surface area contributed by atoms with Crippen LogP contribution in [0.1, 0.15) is 20.7 Å². The van der Waals surface area contributed by atoms with Crippen LogP contribution in [0.2, 0.25) is 0 Å². The number of hydrogen-bond donors (Lipinski definition) is 2. The van der Waals surface area contributed by atoms with E-state index in [2.05, 4.69) is 0 Å². The van der Waals surface area contributed by atoms with Crippen molar-refractivity contribution < 1.29 is 19.1 Å². The average Bonchev–Trinajstić information content (AvgIpc) is 2.75. The number of esters is 2. The molecule has 6 nitrogen and oxygen atoms in total. The third-order valence-electron chi connectivity index (χ3n) is 4.52. The number of hydrogen-bond acceptors (Lipinski definition) is 6. The maximum absolute atomic E-state index is 11.6. The molecular weight excluding hydrogens is 356 g/mol. The molecule has 0 aliphatic carbocycles. The van der Waals surface area contributed by atoms with Gasteiger partial charge in [0.1, 0.15) is 0 Å². The Morgan fingerprint density at radius 2 is 0.929 bits per heavy atom. The zero-order chi connectivity index (χ0) is 20.3. The van der Waals surface area contributed by atoms with Crippen LogP contribution in [0.3, 0.4) is 0 Å². The van der Waals surface area contributed by atoms with Crippen LogP contribution < -0.4 is 11.5 Å². The van der Waals surface area contributed by atoms with Crippen LogP contribution in [-0.4, -0.2) is 26.2 Å². The van der Waals surface area contributed by atoms with Gasteiger partial charge in [0.05, 0.1) is 36.7 Å². The van der Waals surface area contributed by atoms with E-state index in [4.69, 9.17) is 20.9 Å². The van der Waals surface area contributed by atoms with Crippen molar-refractivity contribution in [2.75, 3.05) is 25.7 Å². The zero-order valence-corrected chi connectivity index (χ0v) is 15.6. The minimum absolute atomic E-state index is 0.398. The first kappa shape index (κ1) is 19.0. The van der Waals surface area contributed by atoms with Gasteiger partial charge >= 0.3 is 11.9 Å². The highest BCUT2D eigenvalue weighted by molar-refractivity contribution is 5.95. The SMILES string of the molecule is COC(=O)c1ccc(-c2ccc(-c3ccc(C(=O)OC)cc3)c(N)c2N)cc1. The molecule has 0 amide bonds. The maximum Gasteiger partial charge on any atom is 0.337 e. The Morgan fingerprint density at radius 3 is 1.21 bits per heavy atom. The molecule has 0 aliphatic heterocycles. The van der Waals surface area contributed by atoms with E-state index in [-0.39, 0.29) is 0 Å².